The van der Waals surface area contributed by atoms with Crippen molar-refractivity contribution in [1.82, 2.24) is 0 Å². The number of hydrogen-bond acceptors (Lipinski definition) is 4. The Morgan fingerprint density at radius 3 is 2.36 bits per heavy atom. The van der Waals surface area contributed by atoms with Crippen LogP contribution in [-0.2, 0) is 10.0 Å². The molecule has 0 unspecified atom stereocenters. The van der Waals surface area contributed by atoms with E-state index in [0.29, 0.717) is 6.07 Å². The fourth-order valence-electron chi connectivity index (χ4n) is 1.57. The molecule has 22 heavy (non-hydrogen) atoms. The largest absolute Gasteiger partial charge is 0.289 e. The lowest BCUT2D eigenvalue weighted by Gasteiger charge is -2.08. The first-order chi connectivity index (χ1) is 10.2. The summed E-state index contributed by atoms with van der Waals surface area (Å²) in [5.74, 6) is -2.37. The van der Waals surface area contributed by atoms with Crippen LogP contribution in [0.2, 0.25) is 5.02 Å². The highest BCUT2D eigenvalue weighted by molar-refractivity contribution is 7.92. The Labute approximate surface area is 128 Å². The number of halogens is 3. The number of nitro groups is 1. The highest BCUT2D eigenvalue weighted by Gasteiger charge is 2.21. The lowest BCUT2D eigenvalue weighted by molar-refractivity contribution is -0.384. The van der Waals surface area contributed by atoms with Crippen LogP contribution in [0.25, 0.3) is 0 Å². The minimum atomic E-state index is -4.22. The fraction of sp³-hybridized carbons (Fsp3) is 0. The Morgan fingerprint density at radius 2 is 1.77 bits per heavy atom. The molecule has 0 bridgehead atoms. The van der Waals surface area contributed by atoms with Gasteiger partial charge in [-0.15, -0.1) is 0 Å². The van der Waals surface area contributed by atoms with Crippen LogP contribution in [0, 0.1) is 21.7 Å². The van der Waals surface area contributed by atoms with Gasteiger partial charge in [0.25, 0.3) is 15.7 Å². The molecule has 0 fully saturated rings. The van der Waals surface area contributed by atoms with Crippen LogP contribution in [-0.4, -0.2) is 13.3 Å². The Bertz CT molecular complexity index is 858. The van der Waals surface area contributed by atoms with Crippen LogP contribution in [0.5, 0.6) is 0 Å². The van der Waals surface area contributed by atoms with E-state index in [4.69, 9.17) is 11.6 Å². The smallest absolute Gasteiger partial charge is 0.280 e. The number of nitrogens with zero attached hydrogens (tertiary/aromatic N) is 1. The van der Waals surface area contributed by atoms with E-state index in [9.17, 15) is 27.3 Å². The molecule has 10 heteroatoms. The van der Waals surface area contributed by atoms with E-state index >= 15 is 0 Å². The molecule has 6 nitrogen and oxygen atoms in total. The summed E-state index contributed by atoms with van der Waals surface area (Å²) in [5, 5.41) is 10.5. The predicted molar refractivity (Wildman–Crippen MR) is 75.3 cm³/mol. The van der Waals surface area contributed by atoms with Gasteiger partial charge in [0, 0.05) is 12.1 Å². The van der Waals surface area contributed by atoms with Crippen molar-refractivity contribution in [1.29, 1.82) is 0 Å². The second kappa shape index (κ2) is 5.85. The van der Waals surface area contributed by atoms with E-state index in [1.54, 1.807) is 0 Å². The zero-order valence-electron chi connectivity index (χ0n) is 10.6. The van der Waals surface area contributed by atoms with E-state index in [2.05, 4.69) is 0 Å². The maximum Gasteiger partial charge on any atom is 0.289 e. The van der Waals surface area contributed by atoms with Gasteiger partial charge in [-0.2, -0.15) is 0 Å². The van der Waals surface area contributed by atoms with E-state index in [1.807, 2.05) is 4.72 Å². The molecule has 0 spiro atoms. The lowest BCUT2D eigenvalue weighted by Crippen LogP contribution is -2.13. The highest BCUT2D eigenvalue weighted by Crippen LogP contribution is 2.28. The Hall–Kier alpha value is -2.26. The number of sulfonamides is 1. The third kappa shape index (κ3) is 3.31. The van der Waals surface area contributed by atoms with E-state index in [-0.39, 0.29) is 10.7 Å². The van der Waals surface area contributed by atoms with Crippen molar-refractivity contribution in [2.75, 3.05) is 4.72 Å². The average Bonchev–Trinajstić information content (AvgIpc) is 2.42. The molecule has 116 valence electrons. The molecular weight excluding hydrogens is 342 g/mol. The molecule has 1 N–H and O–H groups in total. The number of anilines is 1. The van der Waals surface area contributed by atoms with Crippen molar-refractivity contribution in [3.05, 3.63) is 63.2 Å². The molecule has 0 aliphatic heterocycles. The van der Waals surface area contributed by atoms with Crippen LogP contribution in [0.1, 0.15) is 0 Å². The molecule has 0 amide bonds. The number of nitro benzene ring substituents is 1. The van der Waals surface area contributed by atoms with Crippen molar-refractivity contribution in [3.63, 3.8) is 0 Å². The van der Waals surface area contributed by atoms with Gasteiger partial charge >= 0.3 is 0 Å². The third-order valence-electron chi connectivity index (χ3n) is 2.60. The standard InChI is InChI=1S/C12H7ClF2N2O4S/c13-9-3-2-8(6-12(9)17(18)19)22(20,21)16-7-1-4-10(14)11(15)5-7/h1-6,16H. The molecule has 2 rings (SSSR count). The molecule has 0 saturated heterocycles. The van der Waals surface area contributed by atoms with Crippen LogP contribution < -0.4 is 4.72 Å². The first kappa shape index (κ1) is 16.1. The summed E-state index contributed by atoms with van der Waals surface area (Å²) >= 11 is 5.59. The number of rotatable bonds is 4. The van der Waals surface area contributed by atoms with Gasteiger partial charge in [-0.25, -0.2) is 17.2 Å². The zero-order valence-corrected chi connectivity index (χ0v) is 12.2. The van der Waals surface area contributed by atoms with Gasteiger partial charge in [-0.05, 0) is 24.3 Å². The van der Waals surface area contributed by atoms with Gasteiger partial charge in [-0.3, -0.25) is 14.8 Å². The van der Waals surface area contributed by atoms with Crippen molar-refractivity contribution < 1.29 is 22.1 Å². The minimum absolute atomic E-state index is 0.225. The van der Waals surface area contributed by atoms with E-state index < -0.39 is 37.2 Å². The molecule has 0 aliphatic rings. The van der Waals surface area contributed by atoms with Crippen molar-refractivity contribution >= 4 is 33.0 Å². The quantitative estimate of drug-likeness (QED) is 0.678. The normalized spacial score (nSPS) is 11.2. The summed E-state index contributed by atoms with van der Waals surface area (Å²) in [7, 11) is -4.22. The van der Waals surface area contributed by atoms with Gasteiger partial charge < -0.3 is 0 Å². The second-order valence-electron chi connectivity index (χ2n) is 4.10. The minimum Gasteiger partial charge on any atom is -0.280 e. The van der Waals surface area contributed by atoms with Crippen LogP contribution in [0.4, 0.5) is 20.2 Å². The maximum atomic E-state index is 13.1. The summed E-state index contributed by atoms with van der Waals surface area (Å²) < 4.78 is 52.0. The van der Waals surface area contributed by atoms with Crippen molar-refractivity contribution in [2.45, 2.75) is 4.90 Å². The fourth-order valence-corrected chi connectivity index (χ4v) is 2.83. The molecule has 0 heterocycles. The van der Waals surface area contributed by atoms with E-state index in [0.717, 1.165) is 30.3 Å². The molecule has 0 saturated carbocycles. The van der Waals surface area contributed by atoms with Gasteiger partial charge in [0.2, 0.25) is 0 Å². The highest BCUT2D eigenvalue weighted by atomic mass is 35.5. The Kier molecular flexibility index (Phi) is 4.29. The average molecular weight is 349 g/mol. The van der Waals surface area contributed by atoms with Crippen LogP contribution in [0.3, 0.4) is 0 Å². The van der Waals surface area contributed by atoms with Crippen LogP contribution >= 0.6 is 11.6 Å². The summed E-state index contributed by atoms with van der Waals surface area (Å²) in [4.78, 5) is 9.48. The van der Waals surface area contributed by atoms with Crippen LogP contribution in [0.15, 0.2) is 41.3 Å². The predicted octanol–water partition coefficient (Wildman–Crippen LogP) is 3.33. The molecular formula is C12H7ClF2N2O4S. The number of benzene rings is 2. The lowest BCUT2D eigenvalue weighted by atomic mass is 10.3. The Morgan fingerprint density at radius 1 is 1.09 bits per heavy atom. The zero-order chi connectivity index (χ0) is 16.5. The molecule has 2 aromatic carbocycles. The molecule has 0 aromatic heterocycles. The Balaban J connectivity index is 2.40. The maximum absolute atomic E-state index is 13.1. The van der Waals surface area contributed by atoms with Gasteiger partial charge in [0.15, 0.2) is 11.6 Å². The topological polar surface area (TPSA) is 89.3 Å². The van der Waals surface area contributed by atoms with Crippen molar-refractivity contribution in [2.24, 2.45) is 0 Å². The first-order valence-corrected chi connectivity index (χ1v) is 7.48. The number of nitrogens with one attached hydrogen (secondary N) is 1. The summed E-state index contributed by atoms with van der Waals surface area (Å²) in [6.45, 7) is 0. The second-order valence-corrected chi connectivity index (χ2v) is 6.19. The summed E-state index contributed by atoms with van der Waals surface area (Å²) in [6.07, 6.45) is 0. The molecule has 2 aromatic rings. The summed E-state index contributed by atoms with van der Waals surface area (Å²) in [5.41, 5.74) is -0.814. The first-order valence-electron chi connectivity index (χ1n) is 5.62. The third-order valence-corrected chi connectivity index (χ3v) is 4.29. The van der Waals surface area contributed by atoms with Crippen molar-refractivity contribution in [3.8, 4) is 0 Å². The molecule has 0 atom stereocenters. The monoisotopic (exact) mass is 348 g/mol. The van der Waals surface area contributed by atoms with Gasteiger partial charge in [0.1, 0.15) is 5.02 Å². The molecule has 0 radical (unpaired) electrons. The van der Waals surface area contributed by atoms with E-state index in [1.165, 1.54) is 0 Å². The van der Waals surface area contributed by atoms with Gasteiger partial charge in [-0.1, -0.05) is 11.6 Å². The summed E-state index contributed by atoms with van der Waals surface area (Å²) in [6, 6.07) is 5.29. The number of hydrogen-bond donors (Lipinski definition) is 1. The SMILES string of the molecule is O=[N+]([O-])c1cc(S(=O)(=O)Nc2ccc(F)c(F)c2)ccc1Cl. The molecule has 0 aliphatic carbocycles. The van der Waals surface area contributed by atoms with Gasteiger partial charge in [0.05, 0.1) is 15.5 Å².